The number of hydrogen-bond acceptors (Lipinski definition) is 2. The SMILES string of the molecule is CC1C=C(n2c3ccc(-c4ccc5c(c4)c4cc(N(c6ccccc6)c6ccccc6)ccc4n5-c4ccccc4)cc3c3cc(-c4ccc5c(c4)c4cc(N(c6ccccc6)c6ccccc6)ccc4n5-c4ccccc4)ccc32)C=CC1. The first kappa shape index (κ1) is 49.0. The van der Waals surface area contributed by atoms with Crippen LogP contribution in [0.4, 0.5) is 34.1 Å². The fourth-order valence-corrected chi connectivity index (χ4v) is 13.2. The van der Waals surface area contributed by atoms with Crippen LogP contribution in [0, 0.1) is 5.92 Å². The molecule has 1 atom stereocenters. The Morgan fingerprint density at radius 3 is 0.893 bits per heavy atom. The molecule has 12 aromatic carbocycles. The van der Waals surface area contributed by atoms with Gasteiger partial charge in [-0.2, -0.15) is 0 Å². The number of hydrogen-bond donors (Lipinski definition) is 0. The summed E-state index contributed by atoms with van der Waals surface area (Å²) in [6.07, 6.45) is 8.11. The largest absolute Gasteiger partial charge is 0.310 e. The summed E-state index contributed by atoms with van der Waals surface area (Å²) in [5.41, 5.74) is 21.9. The molecule has 3 aromatic heterocycles. The van der Waals surface area contributed by atoms with E-state index < -0.39 is 0 Å². The van der Waals surface area contributed by atoms with Gasteiger partial charge in [0.2, 0.25) is 0 Å². The lowest BCUT2D eigenvalue weighted by Gasteiger charge is -2.25. The third-order valence-corrected chi connectivity index (χ3v) is 17.0. The molecule has 1 unspecified atom stereocenters. The first-order valence-corrected chi connectivity index (χ1v) is 29.1. The van der Waals surface area contributed by atoms with Gasteiger partial charge in [0.25, 0.3) is 0 Å². The Labute approximate surface area is 488 Å². The van der Waals surface area contributed by atoms with Crippen LogP contribution < -0.4 is 9.80 Å². The number of aromatic nitrogens is 3. The quantitative estimate of drug-likeness (QED) is 0.129. The molecule has 84 heavy (non-hydrogen) atoms. The summed E-state index contributed by atoms with van der Waals surface area (Å²) in [5, 5.41) is 7.25. The van der Waals surface area contributed by atoms with Crippen molar-refractivity contribution in [3.05, 3.63) is 309 Å². The topological polar surface area (TPSA) is 21.3 Å². The van der Waals surface area contributed by atoms with Crippen molar-refractivity contribution in [1.29, 1.82) is 0 Å². The van der Waals surface area contributed by atoms with Gasteiger partial charge in [-0.15, -0.1) is 0 Å². The Bertz CT molecular complexity index is 4660. The summed E-state index contributed by atoms with van der Waals surface area (Å²) in [4.78, 5) is 4.71. The maximum Gasteiger partial charge on any atom is 0.0542 e. The fourth-order valence-electron chi connectivity index (χ4n) is 13.2. The van der Waals surface area contributed by atoms with E-state index in [0.29, 0.717) is 5.92 Å². The molecule has 0 spiro atoms. The molecule has 0 radical (unpaired) electrons. The minimum Gasteiger partial charge on any atom is -0.310 e. The smallest absolute Gasteiger partial charge is 0.0542 e. The molecule has 0 bridgehead atoms. The maximum atomic E-state index is 2.48. The molecule has 5 heteroatoms. The van der Waals surface area contributed by atoms with Crippen LogP contribution in [0.15, 0.2) is 309 Å². The fraction of sp³-hybridized carbons (Fsp3) is 0.0380. The molecule has 1 aliphatic rings. The predicted octanol–water partition coefficient (Wildman–Crippen LogP) is 21.7. The van der Waals surface area contributed by atoms with Gasteiger partial charge in [-0.1, -0.05) is 153 Å². The maximum absolute atomic E-state index is 2.48. The third kappa shape index (κ3) is 8.31. The second kappa shape index (κ2) is 20.3. The minimum absolute atomic E-state index is 0.437. The molecule has 16 rings (SSSR count). The highest BCUT2D eigenvalue weighted by Gasteiger charge is 2.23. The van der Waals surface area contributed by atoms with Crippen molar-refractivity contribution < 1.29 is 0 Å². The van der Waals surface area contributed by atoms with E-state index in [9.17, 15) is 0 Å². The third-order valence-electron chi connectivity index (χ3n) is 17.0. The average Bonchev–Trinajstić information content (AvgIpc) is 4.30. The zero-order chi connectivity index (χ0) is 55.7. The standard InChI is InChI=1S/C79H57N5/c1-54-21-20-34-65(47-54)84-76-43-37-55(57-35-41-74-70(50-57)72-52-66(39-45-78(72)82(74)63-30-16-6-17-31-63)80(59-22-8-2-9-23-59)60-24-10-3-11-25-60)48-68(76)69-49-56(38-44-77(69)84)58-36-42-75-71(51-58)73-53-67(40-46-79(73)83(75)64-32-18-7-19-33-64)81(61-26-12-4-13-27-61)62-28-14-5-15-29-62/h2-20,22-54H,21H2,1H3. The Kier molecular flexibility index (Phi) is 11.8. The van der Waals surface area contributed by atoms with Gasteiger partial charge in [0.1, 0.15) is 0 Å². The van der Waals surface area contributed by atoms with Gasteiger partial charge in [-0.3, -0.25) is 0 Å². The molecule has 3 heterocycles. The van der Waals surface area contributed by atoms with Crippen LogP contribution in [0.5, 0.6) is 0 Å². The lowest BCUT2D eigenvalue weighted by molar-refractivity contribution is 0.735. The second-order valence-corrected chi connectivity index (χ2v) is 22.2. The van der Waals surface area contributed by atoms with Gasteiger partial charge in [0.05, 0.1) is 33.1 Å². The molecule has 398 valence electrons. The van der Waals surface area contributed by atoms with E-state index in [1.165, 1.54) is 82.3 Å². The molecule has 5 nitrogen and oxygen atoms in total. The first-order chi connectivity index (χ1) is 41.6. The van der Waals surface area contributed by atoms with Crippen molar-refractivity contribution in [2.45, 2.75) is 13.3 Å². The lowest BCUT2D eigenvalue weighted by atomic mass is 9.98. The number of anilines is 6. The molecular weight excluding hydrogens is 1020 g/mol. The van der Waals surface area contributed by atoms with Gasteiger partial charge in [-0.05, 0) is 198 Å². The number of nitrogens with zero attached hydrogens (tertiary/aromatic N) is 5. The van der Waals surface area contributed by atoms with Gasteiger partial charge in [0, 0.05) is 83.5 Å². The zero-order valence-electron chi connectivity index (χ0n) is 46.5. The summed E-state index contributed by atoms with van der Waals surface area (Å²) in [6.45, 7) is 2.32. The van der Waals surface area contributed by atoms with Crippen LogP contribution in [0.1, 0.15) is 13.3 Å². The Morgan fingerprint density at radius 1 is 0.286 bits per heavy atom. The lowest BCUT2D eigenvalue weighted by Crippen LogP contribution is -2.09. The van der Waals surface area contributed by atoms with Gasteiger partial charge in [-0.25, -0.2) is 0 Å². The Morgan fingerprint density at radius 2 is 0.571 bits per heavy atom. The highest BCUT2D eigenvalue weighted by Crippen LogP contribution is 2.45. The number of fused-ring (bicyclic) bond motifs is 9. The van der Waals surface area contributed by atoms with Crippen molar-refractivity contribution in [2.75, 3.05) is 9.80 Å². The van der Waals surface area contributed by atoms with Crippen LogP contribution >= 0.6 is 0 Å². The van der Waals surface area contributed by atoms with Crippen molar-refractivity contribution in [2.24, 2.45) is 5.92 Å². The predicted molar refractivity (Wildman–Crippen MR) is 356 cm³/mol. The van der Waals surface area contributed by atoms with Crippen LogP contribution in [0.3, 0.4) is 0 Å². The van der Waals surface area contributed by atoms with Crippen molar-refractivity contribution in [3.63, 3.8) is 0 Å². The van der Waals surface area contributed by atoms with Gasteiger partial charge >= 0.3 is 0 Å². The second-order valence-electron chi connectivity index (χ2n) is 22.2. The number of rotatable bonds is 11. The molecule has 1 aliphatic carbocycles. The van der Waals surface area contributed by atoms with Crippen LogP contribution in [-0.4, -0.2) is 13.7 Å². The van der Waals surface area contributed by atoms with E-state index in [0.717, 1.165) is 63.0 Å². The summed E-state index contributed by atoms with van der Waals surface area (Å²) in [5.74, 6) is 0.437. The summed E-state index contributed by atoms with van der Waals surface area (Å²) >= 11 is 0. The van der Waals surface area contributed by atoms with Crippen molar-refractivity contribution in [1.82, 2.24) is 13.7 Å². The zero-order valence-corrected chi connectivity index (χ0v) is 46.5. The first-order valence-electron chi connectivity index (χ1n) is 29.1. The molecule has 0 aliphatic heterocycles. The highest BCUT2D eigenvalue weighted by atomic mass is 15.1. The molecule has 0 amide bonds. The molecule has 0 saturated carbocycles. The molecule has 15 aromatic rings. The number of allylic oxidation sites excluding steroid dienone is 4. The number of benzene rings is 12. The molecular formula is C79H57N5. The van der Waals surface area contributed by atoms with E-state index in [4.69, 9.17) is 0 Å². The monoisotopic (exact) mass is 1080 g/mol. The van der Waals surface area contributed by atoms with Crippen molar-refractivity contribution in [3.8, 4) is 33.6 Å². The average molecular weight is 1080 g/mol. The minimum atomic E-state index is 0.437. The van der Waals surface area contributed by atoms with Gasteiger partial charge < -0.3 is 23.5 Å². The molecule has 0 N–H and O–H groups in total. The van der Waals surface area contributed by atoms with Crippen molar-refractivity contribution >= 4 is 105 Å². The normalized spacial score (nSPS) is 13.4. The van der Waals surface area contributed by atoms with E-state index in [2.05, 4.69) is 340 Å². The molecule has 0 fully saturated rings. The van der Waals surface area contributed by atoms with E-state index in [1.54, 1.807) is 0 Å². The van der Waals surface area contributed by atoms with E-state index in [1.807, 2.05) is 0 Å². The van der Waals surface area contributed by atoms with E-state index in [-0.39, 0.29) is 0 Å². The summed E-state index contributed by atoms with van der Waals surface area (Å²) in [7, 11) is 0. The van der Waals surface area contributed by atoms with Gasteiger partial charge in [0.15, 0.2) is 0 Å². The van der Waals surface area contributed by atoms with Crippen LogP contribution in [0.25, 0.3) is 105 Å². The highest BCUT2D eigenvalue weighted by molar-refractivity contribution is 6.16. The Balaban J connectivity index is 0.872. The number of para-hydroxylation sites is 6. The van der Waals surface area contributed by atoms with Crippen LogP contribution in [-0.2, 0) is 0 Å². The summed E-state index contributed by atoms with van der Waals surface area (Å²) < 4.78 is 7.31. The molecule has 0 saturated heterocycles. The Hall–Kier alpha value is -10.9. The summed E-state index contributed by atoms with van der Waals surface area (Å²) in [6, 6.07) is 106. The van der Waals surface area contributed by atoms with Crippen LogP contribution in [0.2, 0.25) is 0 Å². The van der Waals surface area contributed by atoms with E-state index >= 15 is 0 Å².